The summed E-state index contributed by atoms with van der Waals surface area (Å²) in [6.07, 6.45) is 0.354. The molecular formula is C23H23N3O2. The molecule has 3 rings (SSSR count). The fourth-order valence-electron chi connectivity index (χ4n) is 3.16. The van der Waals surface area contributed by atoms with Crippen LogP contribution in [0, 0.1) is 0 Å². The van der Waals surface area contributed by atoms with Crippen LogP contribution >= 0.6 is 0 Å². The number of anilines is 1. The van der Waals surface area contributed by atoms with Gasteiger partial charge in [-0.05, 0) is 28.8 Å². The van der Waals surface area contributed by atoms with Gasteiger partial charge >= 0.3 is 6.03 Å². The Labute approximate surface area is 164 Å². The molecule has 0 saturated heterocycles. The van der Waals surface area contributed by atoms with Crippen LogP contribution in [0.4, 0.5) is 10.5 Å². The molecule has 0 aliphatic rings. The van der Waals surface area contributed by atoms with E-state index < -0.39 is 6.03 Å². The van der Waals surface area contributed by atoms with Gasteiger partial charge in [-0.25, -0.2) is 4.79 Å². The van der Waals surface area contributed by atoms with Crippen LogP contribution in [0.5, 0.6) is 0 Å². The van der Waals surface area contributed by atoms with Crippen LogP contribution in [-0.4, -0.2) is 11.9 Å². The third-order valence-electron chi connectivity index (χ3n) is 4.48. The maximum atomic E-state index is 12.6. The number of primary amides is 1. The van der Waals surface area contributed by atoms with E-state index in [0.717, 1.165) is 16.7 Å². The molecule has 0 saturated carbocycles. The van der Waals surface area contributed by atoms with Gasteiger partial charge in [0.15, 0.2) is 0 Å². The SMILES string of the molecule is NC(=O)Nc1cccc(CNC(=O)CC(c2ccccc2)c2ccccc2)c1. The topological polar surface area (TPSA) is 84.2 Å². The Morgan fingerprint density at radius 3 is 2.00 bits per heavy atom. The van der Waals surface area contributed by atoms with Gasteiger partial charge in [-0.2, -0.15) is 0 Å². The molecule has 4 N–H and O–H groups in total. The molecule has 0 fully saturated rings. The predicted molar refractivity (Wildman–Crippen MR) is 111 cm³/mol. The molecular weight excluding hydrogens is 350 g/mol. The number of carbonyl (C=O) groups excluding carboxylic acids is 2. The predicted octanol–water partition coefficient (Wildman–Crippen LogP) is 4.02. The second kappa shape index (κ2) is 9.37. The van der Waals surface area contributed by atoms with Crippen LogP contribution in [0.3, 0.4) is 0 Å². The van der Waals surface area contributed by atoms with E-state index in [1.54, 1.807) is 12.1 Å². The lowest BCUT2D eigenvalue weighted by Gasteiger charge is -2.18. The molecule has 5 heteroatoms. The lowest BCUT2D eigenvalue weighted by Crippen LogP contribution is -2.25. The van der Waals surface area contributed by atoms with Crippen LogP contribution in [0.15, 0.2) is 84.9 Å². The highest BCUT2D eigenvalue weighted by Gasteiger charge is 2.17. The minimum absolute atomic E-state index is 0.00902. The number of nitrogens with one attached hydrogen (secondary N) is 2. The van der Waals surface area contributed by atoms with Gasteiger partial charge in [0.25, 0.3) is 0 Å². The van der Waals surface area contributed by atoms with Crippen molar-refractivity contribution >= 4 is 17.6 Å². The largest absolute Gasteiger partial charge is 0.352 e. The number of amides is 3. The Balaban J connectivity index is 1.67. The first kappa shape index (κ1) is 19.2. The standard InChI is InChI=1S/C23H23N3O2/c24-23(28)26-20-13-7-8-17(14-20)16-25-22(27)15-21(18-9-3-1-4-10-18)19-11-5-2-6-12-19/h1-14,21H,15-16H2,(H,25,27)(H3,24,26,28). The van der Waals surface area contributed by atoms with E-state index in [9.17, 15) is 9.59 Å². The third kappa shape index (κ3) is 5.45. The second-order valence-corrected chi connectivity index (χ2v) is 6.54. The molecule has 0 atom stereocenters. The van der Waals surface area contributed by atoms with Crippen molar-refractivity contribution in [2.24, 2.45) is 5.73 Å². The minimum Gasteiger partial charge on any atom is -0.352 e. The molecule has 5 nitrogen and oxygen atoms in total. The molecule has 0 aliphatic carbocycles. The Morgan fingerprint density at radius 1 is 0.821 bits per heavy atom. The molecule has 0 aromatic heterocycles. The average Bonchev–Trinajstić information content (AvgIpc) is 2.71. The number of hydrogen-bond donors (Lipinski definition) is 3. The lowest BCUT2D eigenvalue weighted by atomic mass is 9.88. The average molecular weight is 373 g/mol. The van der Waals surface area contributed by atoms with Gasteiger partial charge in [-0.1, -0.05) is 72.8 Å². The number of rotatable bonds is 7. The van der Waals surface area contributed by atoms with Crippen molar-refractivity contribution in [2.75, 3.05) is 5.32 Å². The van der Waals surface area contributed by atoms with Crippen molar-refractivity contribution in [3.05, 3.63) is 102 Å². The number of hydrogen-bond acceptors (Lipinski definition) is 2. The summed E-state index contributed by atoms with van der Waals surface area (Å²) in [5, 5.41) is 5.50. The van der Waals surface area contributed by atoms with Crippen molar-refractivity contribution in [1.29, 1.82) is 0 Å². The maximum Gasteiger partial charge on any atom is 0.316 e. The summed E-state index contributed by atoms with van der Waals surface area (Å²) in [5.41, 5.74) is 8.85. The Bertz CT molecular complexity index is 887. The molecule has 28 heavy (non-hydrogen) atoms. The first-order chi connectivity index (χ1) is 13.6. The van der Waals surface area contributed by atoms with E-state index in [4.69, 9.17) is 5.73 Å². The Hall–Kier alpha value is -3.60. The zero-order valence-corrected chi connectivity index (χ0v) is 15.5. The van der Waals surface area contributed by atoms with E-state index in [0.29, 0.717) is 18.7 Å². The van der Waals surface area contributed by atoms with Gasteiger partial charge in [0.1, 0.15) is 0 Å². The van der Waals surface area contributed by atoms with E-state index >= 15 is 0 Å². The molecule has 3 aromatic carbocycles. The number of urea groups is 1. The van der Waals surface area contributed by atoms with Crippen molar-refractivity contribution in [3.63, 3.8) is 0 Å². The van der Waals surface area contributed by atoms with E-state index in [1.807, 2.05) is 72.8 Å². The van der Waals surface area contributed by atoms with E-state index in [1.165, 1.54) is 0 Å². The molecule has 0 unspecified atom stereocenters. The normalized spacial score (nSPS) is 10.5. The number of nitrogens with two attached hydrogens (primary N) is 1. The monoisotopic (exact) mass is 373 g/mol. The Morgan fingerprint density at radius 2 is 1.43 bits per heavy atom. The lowest BCUT2D eigenvalue weighted by molar-refractivity contribution is -0.121. The zero-order valence-electron chi connectivity index (χ0n) is 15.5. The van der Waals surface area contributed by atoms with Gasteiger partial charge in [0, 0.05) is 24.6 Å². The molecule has 3 aromatic rings. The highest BCUT2D eigenvalue weighted by atomic mass is 16.2. The van der Waals surface area contributed by atoms with Crippen molar-refractivity contribution < 1.29 is 9.59 Å². The summed E-state index contributed by atoms with van der Waals surface area (Å²) in [6, 6.07) is 26.7. The maximum absolute atomic E-state index is 12.6. The van der Waals surface area contributed by atoms with E-state index in [-0.39, 0.29) is 11.8 Å². The summed E-state index contributed by atoms with van der Waals surface area (Å²) in [6.45, 7) is 0.378. The van der Waals surface area contributed by atoms with Crippen LogP contribution in [0.25, 0.3) is 0 Å². The van der Waals surface area contributed by atoms with Gasteiger partial charge in [0.2, 0.25) is 5.91 Å². The van der Waals surface area contributed by atoms with Crippen LogP contribution in [0.1, 0.15) is 29.0 Å². The summed E-state index contributed by atoms with van der Waals surface area (Å²) in [5.74, 6) is -0.0452. The van der Waals surface area contributed by atoms with Crippen molar-refractivity contribution in [1.82, 2.24) is 5.32 Å². The molecule has 0 bridgehead atoms. The first-order valence-corrected chi connectivity index (χ1v) is 9.14. The fraction of sp³-hybridized carbons (Fsp3) is 0.130. The summed E-state index contributed by atoms with van der Waals surface area (Å²) in [4.78, 5) is 23.6. The third-order valence-corrected chi connectivity index (χ3v) is 4.48. The second-order valence-electron chi connectivity index (χ2n) is 6.54. The summed E-state index contributed by atoms with van der Waals surface area (Å²) in [7, 11) is 0. The highest BCUT2D eigenvalue weighted by Crippen LogP contribution is 2.27. The molecule has 0 heterocycles. The van der Waals surface area contributed by atoms with Crippen molar-refractivity contribution in [2.45, 2.75) is 18.9 Å². The number of benzene rings is 3. The van der Waals surface area contributed by atoms with Crippen LogP contribution in [0.2, 0.25) is 0 Å². The molecule has 3 amide bonds. The van der Waals surface area contributed by atoms with Crippen LogP contribution in [-0.2, 0) is 11.3 Å². The quantitative estimate of drug-likeness (QED) is 0.584. The molecule has 0 spiro atoms. The highest BCUT2D eigenvalue weighted by molar-refractivity contribution is 5.87. The molecule has 0 aliphatic heterocycles. The van der Waals surface area contributed by atoms with Crippen molar-refractivity contribution in [3.8, 4) is 0 Å². The zero-order chi connectivity index (χ0) is 19.8. The van der Waals surface area contributed by atoms with Gasteiger partial charge < -0.3 is 16.4 Å². The molecule has 0 radical (unpaired) electrons. The summed E-state index contributed by atoms with van der Waals surface area (Å²) >= 11 is 0. The Kier molecular flexibility index (Phi) is 6.41. The first-order valence-electron chi connectivity index (χ1n) is 9.14. The molecule has 142 valence electrons. The van der Waals surface area contributed by atoms with Gasteiger partial charge in [-0.3, -0.25) is 4.79 Å². The fourth-order valence-corrected chi connectivity index (χ4v) is 3.16. The smallest absolute Gasteiger partial charge is 0.316 e. The van der Waals surface area contributed by atoms with Crippen LogP contribution < -0.4 is 16.4 Å². The van der Waals surface area contributed by atoms with Gasteiger partial charge in [-0.15, -0.1) is 0 Å². The van der Waals surface area contributed by atoms with Gasteiger partial charge in [0.05, 0.1) is 0 Å². The minimum atomic E-state index is -0.616. The van der Waals surface area contributed by atoms with E-state index in [2.05, 4.69) is 10.6 Å². The number of carbonyl (C=O) groups is 2. The summed E-state index contributed by atoms with van der Waals surface area (Å²) < 4.78 is 0.